The molecule has 1 fully saturated rings. The highest BCUT2D eigenvalue weighted by molar-refractivity contribution is 5.95. The molecule has 0 bridgehead atoms. The van der Waals surface area contributed by atoms with Crippen LogP contribution in [0, 0.1) is 11.8 Å². The number of piperidine rings is 1. The molecule has 2 aromatic rings. The van der Waals surface area contributed by atoms with E-state index in [0.717, 1.165) is 17.5 Å². The molecule has 1 amide bonds. The van der Waals surface area contributed by atoms with Crippen molar-refractivity contribution in [2.75, 3.05) is 6.54 Å². The molecule has 0 unspecified atom stereocenters. The number of hydrogen-bond acceptors (Lipinski definition) is 2. The minimum atomic E-state index is -1.03. The number of carboxylic acids is 1. The van der Waals surface area contributed by atoms with E-state index in [-0.39, 0.29) is 11.8 Å². The van der Waals surface area contributed by atoms with Crippen LogP contribution < -0.4 is 0 Å². The molecule has 2 aromatic carbocycles. The van der Waals surface area contributed by atoms with Crippen LogP contribution in [-0.4, -0.2) is 28.4 Å². The van der Waals surface area contributed by atoms with Crippen LogP contribution in [0.25, 0.3) is 0 Å². The Bertz CT molecular complexity index is 862. The Morgan fingerprint density at radius 3 is 2.41 bits per heavy atom. The number of nitrogens with zero attached hydrogens (tertiary/aromatic N) is 1. The fourth-order valence-corrected chi connectivity index (χ4v) is 4.77. The highest BCUT2D eigenvalue weighted by Gasteiger charge is 2.58. The largest absolute Gasteiger partial charge is 0.481 e. The summed E-state index contributed by atoms with van der Waals surface area (Å²) in [5, 5.41) is 9.99. The van der Waals surface area contributed by atoms with Gasteiger partial charge < -0.3 is 10.0 Å². The van der Waals surface area contributed by atoms with Crippen molar-refractivity contribution in [2.45, 2.75) is 24.8 Å². The molecular formula is C23H23NO3. The van der Waals surface area contributed by atoms with E-state index in [1.165, 1.54) is 0 Å². The highest BCUT2D eigenvalue weighted by Crippen LogP contribution is 2.50. The van der Waals surface area contributed by atoms with E-state index < -0.39 is 17.3 Å². The van der Waals surface area contributed by atoms with Crippen LogP contribution in [0.3, 0.4) is 0 Å². The lowest BCUT2D eigenvalue weighted by molar-refractivity contribution is -0.158. The maximum atomic E-state index is 13.8. The van der Waals surface area contributed by atoms with Gasteiger partial charge in [-0.15, -0.1) is 0 Å². The molecule has 3 atom stereocenters. The second-order valence-electron chi connectivity index (χ2n) is 7.40. The highest BCUT2D eigenvalue weighted by atomic mass is 16.4. The normalized spacial score (nSPS) is 27.3. The average Bonchev–Trinajstić information content (AvgIpc) is 2.71. The molecule has 2 aliphatic rings. The van der Waals surface area contributed by atoms with Crippen molar-refractivity contribution in [1.29, 1.82) is 0 Å². The van der Waals surface area contributed by atoms with Crippen LogP contribution in [0.2, 0.25) is 0 Å². The number of aliphatic carboxylic acids is 1. The predicted octanol–water partition coefficient (Wildman–Crippen LogP) is 3.63. The molecule has 4 nitrogen and oxygen atoms in total. The molecule has 27 heavy (non-hydrogen) atoms. The smallest absolute Gasteiger partial charge is 0.308 e. The molecule has 1 N–H and O–H groups in total. The number of carboxylic acid groups (broad SMARTS) is 1. The fourth-order valence-electron chi connectivity index (χ4n) is 4.77. The first-order valence-corrected chi connectivity index (χ1v) is 9.42. The summed E-state index contributed by atoms with van der Waals surface area (Å²) in [6, 6.07) is 19.4. The second-order valence-corrected chi connectivity index (χ2v) is 7.40. The number of carbonyl (C=O) groups excluding carboxylic acids is 1. The zero-order valence-corrected chi connectivity index (χ0v) is 15.1. The van der Waals surface area contributed by atoms with Gasteiger partial charge in [-0.2, -0.15) is 0 Å². The molecule has 0 spiro atoms. The van der Waals surface area contributed by atoms with Crippen molar-refractivity contribution in [3.63, 3.8) is 0 Å². The summed E-state index contributed by atoms with van der Waals surface area (Å²) in [5.41, 5.74) is 0.842. The lowest BCUT2D eigenvalue weighted by Gasteiger charge is -2.51. The van der Waals surface area contributed by atoms with E-state index in [1.54, 1.807) is 0 Å². The number of carbonyl (C=O) groups is 2. The summed E-state index contributed by atoms with van der Waals surface area (Å²) >= 11 is 0. The number of hydrogen-bond donors (Lipinski definition) is 1. The van der Waals surface area contributed by atoms with Crippen LogP contribution >= 0.6 is 0 Å². The van der Waals surface area contributed by atoms with Gasteiger partial charge in [-0.3, -0.25) is 9.59 Å². The fraction of sp³-hybridized carbons (Fsp3) is 0.304. The topological polar surface area (TPSA) is 57.6 Å². The van der Waals surface area contributed by atoms with Gasteiger partial charge >= 0.3 is 5.97 Å². The minimum Gasteiger partial charge on any atom is -0.481 e. The first-order chi connectivity index (χ1) is 13.1. The van der Waals surface area contributed by atoms with Gasteiger partial charge in [0.15, 0.2) is 0 Å². The van der Waals surface area contributed by atoms with Crippen LogP contribution in [-0.2, 0) is 21.5 Å². The lowest BCUT2D eigenvalue weighted by Crippen LogP contribution is -2.61. The minimum absolute atomic E-state index is 0.0643. The zero-order valence-electron chi connectivity index (χ0n) is 15.1. The third-order valence-electron chi connectivity index (χ3n) is 5.99. The predicted molar refractivity (Wildman–Crippen MR) is 103 cm³/mol. The van der Waals surface area contributed by atoms with Gasteiger partial charge in [0.05, 0.1) is 11.3 Å². The molecule has 4 heteroatoms. The second kappa shape index (κ2) is 7.03. The molecule has 1 saturated heterocycles. The van der Waals surface area contributed by atoms with Crippen LogP contribution in [0.1, 0.15) is 24.0 Å². The van der Waals surface area contributed by atoms with Gasteiger partial charge in [0.2, 0.25) is 5.91 Å². The van der Waals surface area contributed by atoms with E-state index in [9.17, 15) is 14.7 Å². The van der Waals surface area contributed by atoms with Gasteiger partial charge in [0.25, 0.3) is 0 Å². The van der Waals surface area contributed by atoms with Crippen LogP contribution in [0.5, 0.6) is 0 Å². The van der Waals surface area contributed by atoms with Crippen molar-refractivity contribution in [1.82, 2.24) is 4.90 Å². The number of fused-ring (bicyclic) bond motifs is 1. The summed E-state index contributed by atoms with van der Waals surface area (Å²) < 4.78 is 0. The standard InChI is InChI=1S/C23H23NO3/c25-21(26)20-13-7-12-19-14-15-24(16-17-8-3-1-4-9-17)22(27)23(19,20)18-10-5-2-6-11-18/h1-12,19-20H,13-16H2,(H,25,26)/t19-,20+,23+/m0/s1. The molecule has 0 aromatic heterocycles. The third-order valence-corrected chi connectivity index (χ3v) is 5.99. The van der Waals surface area contributed by atoms with Gasteiger partial charge in [0.1, 0.15) is 0 Å². The summed E-state index contributed by atoms with van der Waals surface area (Å²) in [7, 11) is 0. The molecule has 1 heterocycles. The summed E-state index contributed by atoms with van der Waals surface area (Å²) in [6.07, 6.45) is 5.15. The number of likely N-dealkylation sites (tertiary alicyclic amines) is 1. The Morgan fingerprint density at radius 1 is 1.07 bits per heavy atom. The number of rotatable bonds is 4. The number of allylic oxidation sites excluding steroid dienone is 2. The van der Waals surface area contributed by atoms with Crippen molar-refractivity contribution in [2.24, 2.45) is 11.8 Å². The lowest BCUT2D eigenvalue weighted by atomic mass is 9.56. The third kappa shape index (κ3) is 2.85. The van der Waals surface area contributed by atoms with Crippen molar-refractivity contribution in [3.05, 3.63) is 83.9 Å². The summed E-state index contributed by atoms with van der Waals surface area (Å²) in [6.45, 7) is 1.15. The molecule has 1 aliphatic carbocycles. The number of amides is 1. The van der Waals surface area contributed by atoms with Crippen LogP contribution in [0.4, 0.5) is 0 Å². The van der Waals surface area contributed by atoms with E-state index in [0.29, 0.717) is 19.5 Å². The van der Waals surface area contributed by atoms with E-state index >= 15 is 0 Å². The number of benzene rings is 2. The average molecular weight is 361 g/mol. The molecule has 0 saturated carbocycles. The first kappa shape index (κ1) is 17.5. The molecule has 0 radical (unpaired) electrons. The van der Waals surface area contributed by atoms with Gasteiger partial charge in [-0.05, 0) is 29.9 Å². The SMILES string of the molecule is O=C(O)[C@H]1CC=C[C@H]2CCN(Cc3ccccc3)C(=O)[C@@]12c1ccccc1. The van der Waals surface area contributed by atoms with E-state index in [1.807, 2.05) is 71.6 Å². The maximum Gasteiger partial charge on any atom is 0.308 e. The molecule has 1 aliphatic heterocycles. The molecular weight excluding hydrogens is 338 g/mol. The van der Waals surface area contributed by atoms with Gasteiger partial charge in [0, 0.05) is 13.1 Å². The molecule has 4 rings (SSSR count). The van der Waals surface area contributed by atoms with Crippen molar-refractivity contribution >= 4 is 11.9 Å². The Labute approximate surface area is 159 Å². The first-order valence-electron chi connectivity index (χ1n) is 9.42. The Balaban J connectivity index is 1.81. The molecule has 138 valence electrons. The van der Waals surface area contributed by atoms with E-state index in [2.05, 4.69) is 6.08 Å². The monoisotopic (exact) mass is 361 g/mol. The van der Waals surface area contributed by atoms with Crippen molar-refractivity contribution in [3.8, 4) is 0 Å². The quantitative estimate of drug-likeness (QED) is 0.846. The zero-order chi connectivity index (χ0) is 18.9. The Morgan fingerprint density at radius 2 is 1.74 bits per heavy atom. The van der Waals surface area contributed by atoms with Crippen LogP contribution in [0.15, 0.2) is 72.8 Å². The maximum absolute atomic E-state index is 13.8. The summed E-state index contributed by atoms with van der Waals surface area (Å²) in [4.78, 5) is 27.9. The summed E-state index contributed by atoms with van der Waals surface area (Å²) in [5.74, 6) is -1.80. The Hall–Kier alpha value is -2.88. The van der Waals surface area contributed by atoms with Gasteiger partial charge in [-0.25, -0.2) is 0 Å². The van der Waals surface area contributed by atoms with Crippen molar-refractivity contribution < 1.29 is 14.7 Å². The van der Waals surface area contributed by atoms with Gasteiger partial charge in [-0.1, -0.05) is 72.8 Å². The Kier molecular flexibility index (Phi) is 4.56. The van der Waals surface area contributed by atoms with E-state index in [4.69, 9.17) is 0 Å².